The third-order valence-electron chi connectivity index (χ3n) is 1.51. The fourth-order valence-electron chi connectivity index (χ4n) is 0.940. The minimum atomic E-state index is -0.421. The van der Waals surface area contributed by atoms with Crippen molar-refractivity contribution in [2.24, 2.45) is 0 Å². The number of rotatable bonds is 7. The Morgan fingerprint density at radius 3 is 2.77 bits per heavy atom. The SMILES string of the molecule is CCSCCCC([C]=O)NC(C)=O. The molecule has 0 aromatic rings. The van der Waals surface area contributed by atoms with Crippen molar-refractivity contribution in [3.05, 3.63) is 0 Å². The maximum absolute atomic E-state index is 10.6. The van der Waals surface area contributed by atoms with Crippen molar-refractivity contribution < 1.29 is 9.59 Å². The van der Waals surface area contributed by atoms with Gasteiger partial charge in [0, 0.05) is 6.92 Å². The first kappa shape index (κ1) is 12.5. The summed E-state index contributed by atoms with van der Waals surface area (Å²) in [7, 11) is 0. The van der Waals surface area contributed by atoms with Crippen LogP contribution in [0.5, 0.6) is 0 Å². The Balaban J connectivity index is 3.48. The second kappa shape index (κ2) is 8.10. The molecule has 1 unspecified atom stereocenters. The second-order valence-corrected chi connectivity index (χ2v) is 4.10. The van der Waals surface area contributed by atoms with Crippen molar-refractivity contribution in [2.45, 2.75) is 32.7 Å². The molecule has 1 radical (unpaired) electrons. The summed E-state index contributed by atoms with van der Waals surface area (Å²) in [4.78, 5) is 21.0. The van der Waals surface area contributed by atoms with E-state index in [4.69, 9.17) is 0 Å². The van der Waals surface area contributed by atoms with E-state index in [-0.39, 0.29) is 5.91 Å². The lowest BCUT2D eigenvalue weighted by atomic mass is 10.2. The Morgan fingerprint density at radius 2 is 2.31 bits per heavy atom. The summed E-state index contributed by atoms with van der Waals surface area (Å²) >= 11 is 1.84. The first-order valence-corrected chi connectivity index (χ1v) is 5.58. The molecule has 4 heteroatoms. The highest BCUT2D eigenvalue weighted by molar-refractivity contribution is 7.99. The predicted molar refractivity (Wildman–Crippen MR) is 55.5 cm³/mol. The summed E-state index contributed by atoms with van der Waals surface area (Å²) < 4.78 is 0. The highest BCUT2D eigenvalue weighted by atomic mass is 32.2. The van der Waals surface area contributed by atoms with Crippen LogP contribution in [0.4, 0.5) is 0 Å². The van der Waals surface area contributed by atoms with Gasteiger partial charge in [-0.25, -0.2) is 0 Å². The smallest absolute Gasteiger partial charge is 0.222 e. The van der Waals surface area contributed by atoms with E-state index in [1.54, 1.807) is 0 Å². The quantitative estimate of drug-likeness (QED) is 0.630. The van der Waals surface area contributed by atoms with Gasteiger partial charge >= 0.3 is 0 Å². The summed E-state index contributed by atoms with van der Waals surface area (Å²) in [5.41, 5.74) is 0. The molecule has 13 heavy (non-hydrogen) atoms. The number of nitrogens with one attached hydrogen (secondary N) is 1. The van der Waals surface area contributed by atoms with Gasteiger partial charge in [-0.2, -0.15) is 11.8 Å². The van der Waals surface area contributed by atoms with Crippen LogP contribution in [0.15, 0.2) is 0 Å². The lowest BCUT2D eigenvalue weighted by Crippen LogP contribution is -2.34. The molecule has 0 rings (SSSR count). The summed E-state index contributed by atoms with van der Waals surface area (Å²) in [6.45, 7) is 3.51. The summed E-state index contributed by atoms with van der Waals surface area (Å²) in [6.07, 6.45) is 3.45. The lowest BCUT2D eigenvalue weighted by molar-refractivity contribution is -0.119. The largest absolute Gasteiger partial charge is 0.346 e. The molecule has 0 aliphatic carbocycles. The molecule has 0 saturated carbocycles. The van der Waals surface area contributed by atoms with Crippen LogP contribution < -0.4 is 5.32 Å². The van der Waals surface area contributed by atoms with E-state index in [0.29, 0.717) is 6.42 Å². The molecule has 3 nitrogen and oxygen atoms in total. The zero-order valence-electron chi connectivity index (χ0n) is 8.13. The van der Waals surface area contributed by atoms with Crippen molar-refractivity contribution >= 4 is 24.0 Å². The molecular formula is C9H16NO2S. The zero-order valence-corrected chi connectivity index (χ0v) is 8.95. The third kappa shape index (κ3) is 7.84. The van der Waals surface area contributed by atoms with E-state index in [2.05, 4.69) is 12.2 Å². The standard InChI is InChI=1S/C9H16NO2S/c1-3-13-6-4-5-9(7-11)10-8(2)12/h9H,3-6H2,1-2H3,(H,10,12). The third-order valence-corrected chi connectivity index (χ3v) is 2.49. The molecule has 0 fully saturated rings. The minimum Gasteiger partial charge on any atom is -0.346 e. The topological polar surface area (TPSA) is 46.2 Å². The molecule has 1 N–H and O–H groups in total. The molecule has 75 valence electrons. The Bertz CT molecular complexity index is 162. The molecule has 0 saturated heterocycles. The van der Waals surface area contributed by atoms with Crippen LogP contribution in [0.2, 0.25) is 0 Å². The van der Waals surface area contributed by atoms with Crippen molar-refractivity contribution in [3.63, 3.8) is 0 Å². The Kier molecular flexibility index (Phi) is 7.79. The van der Waals surface area contributed by atoms with Gasteiger partial charge < -0.3 is 5.32 Å². The van der Waals surface area contributed by atoms with Crippen molar-refractivity contribution in [3.8, 4) is 0 Å². The second-order valence-electron chi connectivity index (χ2n) is 2.71. The number of amides is 1. The highest BCUT2D eigenvalue weighted by Gasteiger charge is 2.08. The maximum atomic E-state index is 10.6. The molecule has 1 atom stereocenters. The number of carbonyl (C=O) groups excluding carboxylic acids is 2. The molecule has 0 bridgehead atoms. The van der Waals surface area contributed by atoms with Crippen LogP contribution in [-0.4, -0.2) is 29.7 Å². The van der Waals surface area contributed by atoms with Crippen LogP contribution in [0.3, 0.4) is 0 Å². The van der Waals surface area contributed by atoms with Crippen molar-refractivity contribution in [2.75, 3.05) is 11.5 Å². The average Bonchev–Trinajstić information content (AvgIpc) is 2.09. The summed E-state index contributed by atoms with van der Waals surface area (Å²) in [6, 6.07) is -0.421. The molecule has 0 aromatic heterocycles. The lowest BCUT2D eigenvalue weighted by Gasteiger charge is -2.09. The fraction of sp³-hybridized carbons (Fsp3) is 0.778. The van der Waals surface area contributed by atoms with Gasteiger partial charge in [0.25, 0.3) is 0 Å². The van der Waals surface area contributed by atoms with Gasteiger partial charge in [-0.15, -0.1) is 0 Å². The van der Waals surface area contributed by atoms with Crippen LogP contribution in [0.1, 0.15) is 26.7 Å². The zero-order chi connectivity index (χ0) is 10.1. The van der Waals surface area contributed by atoms with Crippen molar-refractivity contribution in [1.82, 2.24) is 5.32 Å². The number of carbonyl (C=O) groups is 1. The molecule has 0 aliphatic rings. The normalized spacial score (nSPS) is 12.2. The fourth-order valence-corrected chi connectivity index (χ4v) is 1.60. The van der Waals surface area contributed by atoms with Gasteiger partial charge in [0.05, 0.1) is 6.04 Å². The van der Waals surface area contributed by atoms with Crippen LogP contribution in [-0.2, 0) is 9.59 Å². The number of thioether (sulfide) groups is 1. The first-order chi connectivity index (χ1) is 6.20. The molecule has 0 heterocycles. The summed E-state index contributed by atoms with van der Waals surface area (Å²) in [5.74, 6) is 1.96. The minimum absolute atomic E-state index is 0.170. The van der Waals surface area contributed by atoms with E-state index in [1.165, 1.54) is 6.92 Å². The van der Waals surface area contributed by atoms with E-state index < -0.39 is 6.04 Å². The van der Waals surface area contributed by atoms with Crippen LogP contribution in [0.25, 0.3) is 0 Å². The number of hydrogen-bond donors (Lipinski definition) is 1. The van der Waals surface area contributed by atoms with Gasteiger partial charge in [0.15, 0.2) is 0 Å². The molecular weight excluding hydrogens is 186 g/mol. The van der Waals surface area contributed by atoms with Gasteiger partial charge in [0.2, 0.25) is 12.2 Å². The van der Waals surface area contributed by atoms with Gasteiger partial charge in [-0.1, -0.05) is 6.92 Å². The predicted octanol–water partition coefficient (Wildman–Crippen LogP) is 1.13. The Morgan fingerprint density at radius 1 is 1.62 bits per heavy atom. The highest BCUT2D eigenvalue weighted by Crippen LogP contribution is 2.04. The Hall–Kier alpha value is -0.510. The molecule has 0 spiro atoms. The Labute approximate surface area is 83.7 Å². The van der Waals surface area contributed by atoms with Gasteiger partial charge in [0.1, 0.15) is 0 Å². The van der Waals surface area contributed by atoms with Gasteiger partial charge in [-0.3, -0.25) is 9.59 Å². The number of hydrogen-bond acceptors (Lipinski definition) is 3. The van der Waals surface area contributed by atoms with Crippen LogP contribution >= 0.6 is 11.8 Å². The van der Waals surface area contributed by atoms with E-state index in [0.717, 1.165) is 17.9 Å². The average molecular weight is 202 g/mol. The molecule has 0 aromatic carbocycles. The van der Waals surface area contributed by atoms with Crippen LogP contribution in [0, 0.1) is 0 Å². The van der Waals surface area contributed by atoms with E-state index in [1.807, 2.05) is 18.0 Å². The summed E-state index contributed by atoms with van der Waals surface area (Å²) in [5, 5.41) is 2.53. The first-order valence-electron chi connectivity index (χ1n) is 4.43. The van der Waals surface area contributed by atoms with Gasteiger partial charge in [-0.05, 0) is 24.3 Å². The molecule has 0 aliphatic heterocycles. The van der Waals surface area contributed by atoms with E-state index in [9.17, 15) is 9.59 Å². The van der Waals surface area contributed by atoms with Crippen molar-refractivity contribution in [1.29, 1.82) is 0 Å². The van der Waals surface area contributed by atoms with E-state index >= 15 is 0 Å². The molecule has 1 amide bonds. The maximum Gasteiger partial charge on any atom is 0.222 e. The monoisotopic (exact) mass is 202 g/mol.